The van der Waals surface area contributed by atoms with E-state index in [1.54, 1.807) is 31.4 Å². The quantitative estimate of drug-likeness (QED) is 0.810. The van der Waals surface area contributed by atoms with E-state index in [1.165, 1.54) is 0 Å². The molecule has 0 spiro atoms. The summed E-state index contributed by atoms with van der Waals surface area (Å²) in [6, 6.07) is 12.7. The fourth-order valence-electron chi connectivity index (χ4n) is 2.12. The normalized spacial score (nSPS) is 10.0. The van der Waals surface area contributed by atoms with Crippen molar-refractivity contribution in [2.45, 2.75) is 13.8 Å². The second-order valence-electron chi connectivity index (χ2n) is 5.61. The van der Waals surface area contributed by atoms with Gasteiger partial charge in [-0.3, -0.25) is 9.59 Å². The Morgan fingerprint density at radius 1 is 0.960 bits per heavy atom. The van der Waals surface area contributed by atoms with Crippen molar-refractivity contribution in [1.29, 1.82) is 0 Å². The number of carbonyl (C=O) groups excluding carboxylic acids is 2. The lowest BCUT2D eigenvalue weighted by Gasteiger charge is -2.11. The van der Waals surface area contributed by atoms with E-state index in [4.69, 9.17) is 9.47 Å². The van der Waals surface area contributed by atoms with E-state index in [-0.39, 0.29) is 25.0 Å². The molecule has 2 aromatic rings. The highest BCUT2D eigenvalue weighted by atomic mass is 16.5. The highest BCUT2D eigenvalue weighted by molar-refractivity contribution is 5.95. The second kappa shape index (κ2) is 8.73. The van der Waals surface area contributed by atoms with Crippen molar-refractivity contribution < 1.29 is 19.1 Å². The van der Waals surface area contributed by atoms with Gasteiger partial charge < -0.3 is 20.1 Å². The molecule has 0 heterocycles. The zero-order chi connectivity index (χ0) is 18.2. The lowest BCUT2D eigenvalue weighted by Crippen LogP contribution is -2.35. The third kappa shape index (κ3) is 5.84. The van der Waals surface area contributed by atoms with Crippen molar-refractivity contribution in [1.82, 2.24) is 5.32 Å². The van der Waals surface area contributed by atoms with Crippen molar-refractivity contribution in [3.8, 4) is 11.5 Å². The number of rotatable bonds is 7. The predicted octanol–water partition coefficient (Wildman–Crippen LogP) is 2.45. The van der Waals surface area contributed by atoms with E-state index in [9.17, 15) is 9.59 Å². The molecule has 25 heavy (non-hydrogen) atoms. The molecule has 0 aromatic heterocycles. The monoisotopic (exact) mass is 342 g/mol. The molecule has 0 aliphatic heterocycles. The van der Waals surface area contributed by atoms with Crippen molar-refractivity contribution in [3.05, 3.63) is 53.6 Å². The molecule has 0 radical (unpaired) electrons. The molecular weight excluding hydrogens is 320 g/mol. The van der Waals surface area contributed by atoms with Gasteiger partial charge in [-0.25, -0.2) is 0 Å². The first kappa shape index (κ1) is 18.3. The summed E-state index contributed by atoms with van der Waals surface area (Å²) >= 11 is 0. The van der Waals surface area contributed by atoms with Crippen LogP contribution in [0.4, 0.5) is 5.69 Å². The molecule has 2 aromatic carbocycles. The molecule has 0 aliphatic carbocycles. The van der Waals surface area contributed by atoms with E-state index in [1.807, 2.05) is 32.0 Å². The molecule has 0 saturated heterocycles. The van der Waals surface area contributed by atoms with Crippen LogP contribution in [-0.4, -0.2) is 32.1 Å². The molecule has 2 N–H and O–H groups in total. The Morgan fingerprint density at radius 2 is 1.64 bits per heavy atom. The maximum atomic E-state index is 11.9. The molecular formula is C19H22N2O4. The maximum absolute atomic E-state index is 11.9. The number of hydrogen-bond donors (Lipinski definition) is 2. The molecule has 132 valence electrons. The molecule has 0 bridgehead atoms. The Bertz CT molecular complexity index is 742. The van der Waals surface area contributed by atoms with Crippen molar-refractivity contribution >= 4 is 17.5 Å². The molecule has 2 rings (SSSR count). The van der Waals surface area contributed by atoms with Crippen LogP contribution in [0.1, 0.15) is 11.1 Å². The number of carbonyl (C=O) groups is 2. The minimum Gasteiger partial charge on any atom is -0.497 e. The van der Waals surface area contributed by atoms with Crippen LogP contribution in [-0.2, 0) is 9.59 Å². The van der Waals surface area contributed by atoms with E-state index < -0.39 is 0 Å². The Morgan fingerprint density at radius 3 is 2.32 bits per heavy atom. The van der Waals surface area contributed by atoms with Crippen LogP contribution < -0.4 is 20.1 Å². The zero-order valence-corrected chi connectivity index (χ0v) is 14.6. The van der Waals surface area contributed by atoms with Gasteiger partial charge in [-0.2, -0.15) is 0 Å². The third-order valence-electron chi connectivity index (χ3n) is 3.54. The van der Waals surface area contributed by atoms with Crippen LogP contribution in [0.2, 0.25) is 0 Å². The summed E-state index contributed by atoms with van der Waals surface area (Å²) in [4.78, 5) is 23.7. The minimum atomic E-state index is -0.369. The molecule has 6 heteroatoms. The number of aryl methyl sites for hydroxylation is 2. The fraction of sp³-hybridized carbons (Fsp3) is 0.263. The van der Waals surface area contributed by atoms with Gasteiger partial charge in [-0.05, 0) is 55.3 Å². The van der Waals surface area contributed by atoms with E-state index in [0.717, 1.165) is 16.8 Å². The molecule has 6 nitrogen and oxygen atoms in total. The first-order valence-corrected chi connectivity index (χ1v) is 7.88. The summed E-state index contributed by atoms with van der Waals surface area (Å²) in [6.45, 7) is 3.59. The predicted molar refractivity (Wildman–Crippen MR) is 96.0 cm³/mol. The molecule has 0 unspecified atom stereocenters. The summed E-state index contributed by atoms with van der Waals surface area (Å²) in [6.07, 6.45) is 0. The third-order valence-corrected chi connectivity index (χ3v) is 3.54. The highest BCUT2D eigenvalue weighted by Crippen LogP contribution is 2.17. The number of ether oxygens (including phenoxy) is 2. The van der Waals surface area contributed by atoms with Crippen LogP contribution in [0.25, 0.3) is 0 Å². The van der Waals surface area contributed by atoms with Crippen molar-refractivity contribution in [2.75, 3.05) is 25.6 Å². The Kier molecular flexibility index (Phi) is 6.39. The van der Waals surface area contributed by atoms with Crippen LogP contribution in [0, 0.1) is 13.8 Å². The highest BCUT2D eigenvalue weighted by Gasteiger charge is 2.08. The van der Waals surface area contributed by atoms with Gasteiger partial charge in [0.2, 0.25) is 5.91 Å². The molecule has 0 fully saturated rings. The lowest BCUT2D eigenvalue weighted by molar-refractivity contribution is -0.125. The summed E-state index contributed by atoms with van der Waals surface area (Å²) in [7, 11) is 1.58. The van der Waals surface area contributed by atoms with E-state index in [2.05, 4.69) is 10.6 Å². The van der Waals surface area contributed by atoms with Gasteiger partial charge in [0.15, 0.2) is 6.61 Å². The van der Waals surface area contributed by atoms with Gasteiger partial charge in [0.25, 0.3) is 5.91 Å². The Hall–Kier alpha value is -3.02. The summed E-state index contributed by atoms with van der Waals surface area (Å²) in [5, 5.41) is 5.31. The van der Waals surface area contributed by atoms with Crippen LogP contribution in [0.15, 0.2) is 42.5 Å². The Balaban J connectivity index is 1.75. The topological polar surface area (TPSA) is 76.7 Å². The van der Waals surface area contributed by atoms with Crippen molar-refractivity contribution in [3.63, 3.8) is 0 Å². The molecule has 0 aliphatic rings. The van der Waals surface area contributed by atoms with E-state index >= 15 is 0 Å². The van der Waals surface area contributed by atoms with Crippen LogP contribution in [0.3, 0.4) is 0 Å². The molecule has 2 amide bonds. The summed E-state index contributed by atoms with van der Waals surface area (Å²) in [5.41, 5.74) is 2.76. The van der Waals surface area contributed by atoms with Gasteiger partial charge in [-0.1, -0.05) is 12.1 Å². The fourth-order valence-corrected chi connectivity index (χ4v) is 2.12. The second-order valence-corrected chi connectivity index (χ2v) is 5.61. The number of benzene rings is 2. The zero-order valence-electron chi connectivity index (χ0n) is 14.6. The van der Waals surface area contributed by atoms with Gasteiger partial charge in [0.1, 0.15) is 11.5 Å². The number of anilines is 1. The number of hydrogen-bond acceptors (Lipinski definition) is 4. The SMILES string of the molecule is COc1ccc(OCC(=O)NCC(=O)Nc2cc(C)ccc2C)cc1. The Labute approximate surface area is 147 Å². The van der Waals surface area contributed by atoms with Crippen molar-refractivity contribution in [2.24, 2.45) is 0 Å². The maximum Gasteiger partial charge on any atom is 0.258 e. The van der Waals surface area contributed by atoms with Gasteiger partial charge in [0.05, 0.1) is 13.7 Å². The van der Waals surface area contributed by atoms with Crippen LogP contribution >= 0.6 is 0 Å². The molecule has 0 saturated carbocycles. The smallest absolute Gasteiger partial charge is 0.258 e. The standard InChI is InChI=1S/C19H22N2O4/c1-13-4-5-14(2)17(10-13)21-18(22)11-20-19(23)12-25-16-8-6-15(24-3)7-9-16/h4-10H,11-12H2,1-3H3,(H,20,23)(H,21,22). The van der Waals surface area contributed by atoms with Gasteiger partial charge >= 0.3 is 0 Å². The number of methoxy groups -OCH3 is 1. The average Bonchev–Trinajstić information content (AvgIpc) is 2.61. The summed E-state index contributed by atoms with van der Waals surface area (Å²) in [5.74, 6) is 0.606. The largest absolute Gasteiger partial charge is 0.497 e. The first-order valence-electron chi connectivity index (χ1n) is 7.88. The first-order chi connectivity index (χ1) is 12.0. The summed E-state index contributed by atoms with van der Waals surface area (Å²) < 4.78 is 10.4. The lowest BCUT2D eigenvalue weighted by atomic mass is 10.1. The van der Waals surface area contributed by atoms with E-state index in [0.29, 0.717) is 11.5 Å². The number of amides is 2. The van der Waals surface area contributed by atoms with Gasteiger partial charge in [-0.15, -0.1) is 0 Å². The average molecular weight is 342 g/mol. The number of nitrogens with one attached hydrogen (secondary N) is 2. The van der Waals surface area contributed by atoms with Gasteiger partial charge in [0, 0.05) is 5.69 Å². The van der Waals surface area contributed by atoms with Crippen LogP contribution in [0.5, 0.6) is 11.5 Å². The molecule has 0 atom stereocenters. The minimum absolute atomic E-state index is 0.113.